The van der Waals surface area contributed by atoms with Crippen LogP contribution in [0, 0.1) is 0 Å². The second-order valence-electron chi connectivity index (χ2n) is 3.00. The maximum Gasteiger partial charge on any atom is 0.411 e. The molecule has 1 aromatic carbocycles. The smallest absolute Gasteiger partial charge is 0.411 e. The van der Waals surface area contributed by atoms with Gasteiger partial charge in [-0.1, -0.05) is 34.8 Å². The van der Waals surface area contributed by atoms with Crippen LogP contribution in [-0.4, -0.2) is 26.4 Å². The molecule has 4 nitrogen and oxygen atoms in total. The summed E-state index contributed by atoms with van der Waals surface area (Å²) in [6.45, 7) is 0.476. The molecule has 0 aliphatic carbocycles. The Labute approximate surface area is 114 Å². The van der Waals surface area contributed by atoms with Gasteiger partial charge in [-0.3, -0.25) is 5.32 Å². The lowest BCUT2D eigenvalue weighted by Crippen LogP contribution is -2.16. The van der Waals surface area contributed by atoms with Crippen molar-refractivity contribution in [2.75, 3.05) is 25.6 Å². The minimum Gasteiger partial charge on any atom is -0.447 e. The standard InChI is InChI=1S/C10H10Cl3NO3/c1-16-2-3-17-10(15)14-9-5-7(12)6(11)4-8(9)13/h4-5H,2-3H2,1H3,(H,14,15). The molecule has 17 heavy (non-hydrogen) atoms. The molecule has 0 atom stereocenters. The maximum absolute atomic E-state index is 11.3. The molecular formula is C10H10Cl3NO3. The van der Waals surface area contributed by atoms with E-state index in [-0.39, 0.29) is 11.6 Å². The zero-order valence-corrected chi connectivity index (χ0v) is 11.2. The van der Waals surface area contributed by atoms with Crippen LogP contribution in [0.5, 0.6) is 0 Å². The predicted octanol–water partition coefficient (Wildman–Crippen LogP) is 3.84. The van der Waals surface area contributed by atoms with Crippen molar-refractivity contribution in [2.24, 2.45) is 0 Å². The van der Waals surface area contributed by atoms with Crippen molar-refractivity contribution in [3.8, 4) is 0 Å². The van der Waals surface area contributed by atoms with Gasteiger partial charge in [-0.2, -0.15) is 0 Å². The van der Waals surface area contributed by atoms with Crippen molar-refractivity contribution < 1.29 is 14.3 Å². The second-order valence-corrected chi connectivity index (χ2v) is 4.22. The van der Waals surface area contributed by atoms with Crippen LogP contribution in [0.4, 0.5) is 10.5 Å². The molecule has 0 saturated carbocycles. The van der Waals surface area contributed by atoms with Gasteiger partial charge in [0, 0.05) is 7.11 Å². The normalized spacial score (nSPS) is 10.1. The fraction of sp³-hybridized carbons (Fsp3) is 0.300. The zero-order valence-electron chi connectivity index (χ0n) is 8.93. The molecule has 1 amide bonds. The van der Waals surface area contributed by atoms with Gasteiger partial charge in [0.25, 0.3) is 0 Å². The van der Waals surface area contributed by atoms with Gasteiger partial charge in [0.05, 0.1) is 27.4 Å². The molecule has 0 spiro atoms. The first-order valence-electron chi connectivity index (χ1n) is 4.62. The van der Waals surface area contributed by atoms with Crippen molar-refractivity contribution in [2.45, 2.75) is 0 Å². The van der Waals surface area contributed by atoms with Crippen LogP contribution >= 0.6 is 34.8 Å². The van der Waals surface area contributed by atoms with E-state index in [1.165, 1.54) is 19.2 Å². The van der Waals surface area contributed by atoms with E-state index in [9.17, 15) is 4.79 Å². The minimum atomic E-state index is -0.637. The lowest BCUT2D eigenvalue weighted by molar-refractivity contribution is 0.107. The third kappa shape index (κ3) is 4.60. The van der Waals surface area contributed by atoms with Crippen LogP contribution in [0.2, 0.25) is 15.1 Å². The number of rotatable bonds is 4. The van der Waals surface area contributed by atoms with Gasteiger partial charge in [-0.25, -0.2) is 4.79 Å². The molecule has 7 heteroatoms. The average Bonchev–Trinajstić information content (AvgIpc) is 2.26. The number of hydrogen-bond acceptors (Lipinski definition) is 3. The van der Waals surface area contributed by atoms with E-state index in [2.05, 4.69) is 5.32 Å². The fourth-order valence-electron chi connectivity index (χ4n) is 0.982. The number of halogens is 3. The first-order valence-corrected chi connectivity index (χ1v) is 5.75. The molecule has 1 rings (SSSR count). The Balaban J connectivity index is 2.62. The van der Waals surface area contributed by atoms with Crippen LogP contribution in [0.3, 0.4) is 0 Å². The number of amides is 1. The molecule has 0 fully saturated rings. The summed E-state index contributed by atoms with van der Waals surface area (Å²) in [5.74, 6) is 0. The maximum atomic E-state index is 11.3. The highest BCUT2D eigenvalue weighted by atomic mass is 35.5. The summed E-state index contributed by atoms with van der Waals surface area (Å²) in [7, 11) is 1.51. The SMILES string of the molecule is COCCOC(=O)Nc1cc(Cl)c(Cl)cc1Cl. The number of carbonyl (C=O) groups is 1. The molecule has 1 aromatic rings. The first-order chi connectivity index (χ1) is 8.04. The predicted molar refractivity (Wildman–Crippen MR) is 68.3 cm³/mol. The van der Waals surface area contributed by atoms with E-state index >= 15 is 0 Å². The summed E-state index contributed by atoms with van der Waals surface area (Å²) in [6, 6.07) is 2.89. The van der Waals surface area contributed by atoms with Gasteiger partial charge >= 0.3 is 6.09 Å². The highest BCUT2D eigenvalue weighted by Crippen LogP contribution is 2.32. The van der Waals surface area contributed by atoms with Crippen LogP contribution in [0.1, 0.15) is 0 Å². The number of ether oxygens (including phenoxy) is 2. The Morgan fingerprint density at radius 2 is 1.82 bits per heavy atom. The molecule has 0 aliphatic heterocycles. The molecule has 0 heterocycles. The monoisotopic (exact) mass is 297 g/mol. The summed E-state index contributed by atoms with van der Waals surface area (Å²) in [6.07, 6.45) is -0.637. The third-order valence-corrected chi connectivity index (χ3v) is 2.80. The summed E-state index contributed by atoms with van der Waals surface area (Å²) in [5.41, 5.74) is 0.337. The van der Waals surface area contributed by atoms with Gasteiger partial charge in [-0.15, -0.1) is 0 Å². The number of benzene rings is 1. The number of nitrogens with one attached hydrogen (secondary N) is 1. The van der Waals surface area contributed by atoms with Crippen molar-refractivity contribution in [1.29, 1.82) is 0 Å². The first kappa shape index (κ1) is 14.4. The number of anilines is 1. The van der Waals surface area contributed by atoms with Crippen LogP contribution in [0.15, 0.2) is 12.1 Å². The van der Waals surface area contributed by atoms with Crippen molar-refractivity contribution in [3.05, 3.63) is 27.2 Å². The van der Waals surface area contributed by atoms with Crippen molar-refractivity contribution in [3.63, 3.8) is 0 Å². The minimum absolute atomic E-state index is 0.154. The highest BCUT2D eigenvalue weighted by Gasteiger charge is 2.09. The molecule has 0 bridgehead atoms. The van der Waals surface area contributed by atoms with E-state index in [4.69, 9.17) is 44.3 Å². The van der Waals surface area contributed by atoms with Crippen molar-refractivity contribution >= 4 is 46.6 Å². The summed E-state index contributed by atoms with van der Waals surface area (Å²) >= 11 is 17.4. The molecule has 0 radical (unpaired) electrons. The lowest BCUT2D eigenvalue weighted by atomic mass is 10.3. The Morgan fingerprint density at radius 1 is 1.18 bits per heavy atom. The Hall–Kier alpha value is -0.680. The van der Waals surface area contributed by atoms with E-state index in [1.807, 2.05) is 0 Å². The Bertz CT molecular complexity index is 412. The van der Waals surface area contributed by atoms with Crippen LogP contribution < -0.4 is 5.32 Å². The summed E-state index contributed by atoms with van der Waals surface area (Å²) in [5, 5.41) is 3.34. The highest BCUT2D eigenvalue weighted by molar-refractivity contribution is 6.44. The number of hydrogen-bond donors (Lipinski definition) is 1. The van der Waals surface area contributed by atoms with Gasteiger partial charge in [0.1, 0.15) is 6.61 Å². The second kappa shape index (κ2) is 6.91. The van der Waals surface area contributed by atoms with Crippen LogP contribution in [-0.2, 0) is 9.47 Å². The van der Waals surface area contributed by atoms with Gasteiger partial charge in [-0.05, 0) is 12.1 Å². The molecule has 0 unspecified atom stereocenters. The molecule has 0 saturated heterocycles. The Morgan fingerprint density at radius 3 is 2.47 bits per heavy atom. The molecular weight excluding hydrogens is 288 g/mol. The van der Waals surface area contributed by atoms with E-state index in [0.717, 1.165) is 0 Å². The van der Waals surface area contributed by atoms with Crippen LogP contribution in [0.25, 0.3) is 0 Å². The molecule has 0 aliphatic rings. The lowest BCUT2D eigenvalue weighted by Gasteiger charge is -2.09. The van der Waals surface area contributed by atoms with Crippen molar-refractivity contribution in [1.82, 2.24) is 0 Å². The van der Waals surface area contributed by atoms with E-state index in [1.54, 1.807) is 0 Å². The van der Waals surface area contributed by atoms with Gasteiger partial charge in [0.15, 0.2) is 0 Å². The largest absolute Gasteiger partial charge is 0.447 e. The Kier molecular flexibility index (Phi) is 5.85. The van der Waals surface area contributed by atoms with E-state index in [0.29, 0.717) is 22.3 Å². The quantitative estimate of drug-likeness (QED) is 0.678. The molecule has 0 aromatic heterocycles. The van der Waals surface area contributed by atoms with E-state index < -0.39 is 6.09 Å². The zero-order chi connectivity index (χ0) is 12.8. The summed E-state index contributed by atoms with van der Waals surface area (Å²) in [4.78, 5) is 11.3. The number of carbonyl (C=O) groups excluding carboxylic acids is 1. The number of methoxy groups -OCH3 is 1. The molecule has 1 N–H and O–H groups in total. The van der Waals surface area contributed by atoms with Gasteiger partial charge < -0.3 is 9.47 Å². The topological polar surface area (TPSA) is 47.6 Å². The average molecular weight is 299 g/mol. The third-order valence-electron chi connectivity index (χ3n) is 1.77. The molecule has 94 valence electrons. The van der Waals surface area contributed by atoms with Gasteiger partial charge in [0.2, 0.25) is 0 Å². The fourth-order valence-corrected chi connectivity index (χ4v) is 1.58. The summed E-state index contributed by atoms with van der Waals surface area (Å²) < 4.78 is 9.53.